The van der Waals surface area contributed by atoms with Crippen molar-refractivity contribution < 1.29 is 14.3 Å². The SMILES string of the molecule is CO[C@H](CC(C)C)NC(=O)[C@H](Cc1ccccc1)NC(=O)c1cnccn1. The van der Waals surface area contributed by atoms with E-state index in [-0.39, 0.29) is 11.6 Å². The molecular formula is C20H26N4O3. The molecule has 2 N–H and O–H groups in total. The normalized spacial score (nSPS) is 13.0. The van der Waals surface area contributed by atoms with Gasteiger partial charge in [-0.25, -0.2) is 4.98 Å². The quantitative estimate of drug-likeness (QED) is 0.658. The Morgan fingerprint density at radius 1 is 1.11 bits per heavy atom. The number of nitrogens with zero attached hydrogens (tertiary/aromatic N) is 2. The van der Waals surface area contributed by atoms with Crippen LogP contribution in [0.3, 0.4) is 0 Å². The second kappa shape index (κ2) is 10.4. The summed E-state index contributed by atoms with van der Waals surface area (Å²) < 4.78 is 5.35. The molecule has 1 heterocycles. The van der Waals surface area contributed by atoms with Crippen LogP contribution in [0.5, 0.6) is 0 Å². The second-order valence-corrected chi connectivity index (χ2v) is 6.67. The van der Waals surface area contributed by atoms with E-state index >= 15 is 0 Å². The number of ether oxygens (including phenoxy) is 1. The first-order valence-corrected chi connectivity index (χ1v) is 8.93. The minimum atomic E-state index is -0.758. The van der Waals surface area contributed by atoms with Crippen LogP contribution in [0.25, 0.3) is 0 Å². The van der Waals surface area contributed by atoms with Crippen LogP contribution in [-0.4, -0.2) is 41.2 Å². The highest BCUT2D eigenvalue weighted by molar-refractivity contribution is 5.96. The van der Waals surface area contributed by atoms with Gasteiger partial charge in [0.15, 0.2) is 0 Å². The highest BCUT2D eigenvalue weighted by Gasteiger charge is 2.25. The summed E-state index contributed by atoms with van der Waals surface area (Å²) in [6, 6.07) is 8.76. The van der Waals surface area contributed by atoms with Gasteiger partial charge in [-0.2, -0.15) is 0 Å². The van der Waals surface area contributed by atoms with Gasteiger partial charge in [-0.1, -0.05) is 44.2 Å². The van der Waals surface area contributed by atoms with E-state index in [1.54, 1.807) is 7.11 Å². The number of aromatic nitrogens is 2. The van der Waals surface area contributed by atoms with Crippen LogP contribution in [0, 0.1) is 5.92 Å². The maximum absolute atomic E-state index is 12.8. The predicted octanol–water partition coefficient (Wildman–Crippen LogP) is 1.95. The Balaban J connectivity index is 2.13. The fourth-order valence-electron chi connectivity index (χ4n) is 2.61. The van der Waals surface area contributed by atoms with Gasteiger partial charge >= 0.3 is 0 Å². The number of methoxy groups -OCH3 is 1. The molecule has 2 rings (SSSR count). The van der Waals surface area contributed by atoms with Crippen molar-refractivity contribution in [1.82, 2.24) is 20.6 Å². The molecule has 0 saturated heterocycles. The number of carbonyl (C=O) groups is 2. The molecule has 2 aromatic rings. The summed E-state index contributed by atoms with van der Waals surface area (Å²) in [6.07, 6.45) is 4.91. The maximum Gasteiger partial charge on any atom is 0.272 e. The number of amides is 2. The Hall–Kier alpha value is -2.80. The first-order chi connectivity index (χ1) is 13.0. The third-order valence-electron chi connectivity index (χ3n) is 3.97. The zero-order chi connectivity index (χ0) is 19.6. The molecule has 0 aliphatic rings. The van der Waals surface area contributed by atoms with E-state index < -0.39 is 18.2 Å². The van der Waals surface area contributed by atoms with E-state index in [1.807, 2.05) is 30.3 Å². The molecule has 0 fully saturated rings. The second-order valence-electron chi connectivity index (χ2n) is 6.67. The largest absolute Gasteiger partial charge is 0.362 e. The van der Waals surface area contributed by atoms with E-state index in [0.717, 1.165) is 5.56 Å². The molecule has 0 saturated carbocycles. The average molecular weight is 370 g/mol. The van der Waals surface area contributed by atoms with Gasteiger partial charge in [0.25, 0.3) is 5.91 Å². The van der Waals surface area contributed by atoms with Gasteiger partial charge in [0, 0.05) is 25.9 Å². The Morgan fingerprint density at radius 2 is 1.85 bits per heavy atom. The Labute approximate surface area is 159 Å². The zero-order valence-corrected chi connectivity index (χ0v) is 15.9. The molecule has 0 aliphatic heterocycles. The summed E-state index contributed by atoms with van der Waals surface area (Å²) in [7, 11) is 1.55. The maximum atomic E-state index is 12.8. The molecule has 0 unspecified atom stereocenters. The molecule has 0 radical (unpaired) electrons. The van der Waals surface area contributed by atoms with Crippen molar-refractivity contribution in [2.75, 3.05) is 7.11 Å². The minimum absolute atomic E-state index is 0.161. The summed E-state index contributed by atoms with van der Waals surface area (Å²) in [5.41, 5.74) is 1.10. The standard InChI is InChI=1S/C20H26N4O3/c1-14(2)11-18(27-3)24-19(25)16(12-15-7-5-4-6-8-15)23-20(26)17-13-21-9-10-22-17/h4-10,13-14,16,18H,11-12H2,1-3H3,(H,23,26)(H,24,25)/t16-,18+/m0/s1. The molecular weight excluding hydrogens is 344 g/mol. The predicted molar refractivity (Wildman–Crippen MR) is 102 cm³/mol. The van der Waals surface area contributed by atoms with Gasteiger partial charge in [0.1, 0.15) is 18.0 Å². The Bertz CT molecular complexity index is 723. The first-order valence-electron chi connectivity index (χ1n) is 8.93. The van der Waals surface area contributed by atoms with Crippen LogP contribution in [0.2, 0.25) is 0 Å². The van der Waals surface area contributed by atoms with Gasteiger partial charge in [-0.3, -0.25) is 14.6 Å². The van der Waals surface area contributed by atoms with Crippen LogP contribution in [0.4, 0.5) is 0 Å². The number of benzene rings is 1. The van der Waals surface area contributed by atoms with Crippen LogP contribution in [0.15, 0.2) is 48.9 Å². The third kappa shape index (κ3) is 6.79. The number of rotatable bonds is 9. The summed E-state index contributed by atoms with van der Waals surface area (Å²) in [6.45, 7) is 4.10. The van der Waals surface area contributed by atoms with Gasteiger partial charge < -0.3 is 15.4 Å². The van der Waals surface area contributed by atoms with Crippen molar-refractivity contribution in [2.24, 2.45) is 5.92 Å². The fraction of sp³-hybridized carbons (Fsp3) is 0.400. The summed E-state index contributed by atoms with van der Waals surface area (Å²) in [4.78, 5) is 33.2. The fourth-order valence-corrected chi connectivity index (χ4v) is 2.61. The van der Waals surface area contributed by atoms with Gasteiger partial charge in [0.05, 0.1) is 6.20 Å². The number of carbonyl (C=O) groups excluding carboxylic acids is 2. The topological polar surface area (TPSA) is 93.2 Å². The van der Waals surface area contributed by atoms with Crippen molar-refractivity contribution >= 4 is 11.8 Å². The van der Waals surface area contributed by atoms with Gasteiger partial charge in [-0.15, -0.1) is 0 Å². The molecule has 0 aliphatic carbocycles. The molecule has 1 aromatic carbocycles. The van der Waals surface area contributed by atoms with Crippen molar-refractivity contribution in [3.8, 4) is 0 Å². The van der Waals surface area contributed by atoms with Gasteiger partial charge in [0.2, 0.25) is 5.91 Å². The first kappa shape index (κ1) is 20.5. The highest BCUT2D eigenvalue weighted by Crippen LogP contribution is 2.08. The Kier molecular flexibility index (Phi) is 7.88. The molecule has 144 valence electrons. The third-order valence-corrected chi connectivity index (χ3v) is 3.97. The highest BCUT2D eigenvalue weighted by atomic mass is 16.5. The summed E-state index contributed by atoms with van der Waals surface area (Å²) in [5.74, 6) is -0.391. The molecule has 7 heteroatoms. The number of hydrogen-bond acceptors (Lipinski definition) is 5. The van der Waals surface area contributed by atoms with Crippen molar-refractivity contribution in [3.63, 3.8) is 0 Å². The van der Waals surface area contributed by atoms with Crippen molar-refractivity contribution in [2.45, 2.75) is 39.0 Å². The van der Waals surface area contributed by atoms with E-state index in [0.29, 0.717) is 18.8 Å². The smallest absolute Gasteiger partial charge is 0.272 e. The molecule has 0 spiro atoms. The van der Waals surface area contributed by atoms with Crippen molar-refractivity contribution in [3.05, 3.63) is 60.2 Å². The van der Waals surface area contributed by atoms with E-state index in [2.05, 4.69) is 34.4 Å². The minimum Gasteiger partial charge on any atom is -0.362 e. The number of hydrogen-bond donors (Lipinski definition) is 2. The monoisotopic (exact) mass is 370 g/mol. The molecule has 27 heavy (non-hydrogen) atoms. The van der Waals surface area contributed by atoms with E-state index in [4.69, 9.17) is 4.74 Å². The average Bonchev–Trinajstić information content (AvgIpc) is 2.68. The van der Waals surface area contributed by atoms with Crippen LogP contribution < -0.4 is 10.6 Å². The van der Waals surface area contributed by atoms with E-state index in [9.17, 15) is 9.59 Å². The van der Waals surface area contributed by atoms with Crippen molar-refractivity contribution in [1.29, 1.82) is 0 Å². The summed E-state index contributed by atoms with van der Waals surface area (Å²) in [5, 5.41) is 5.62. The summed E-state index contributed by atoms with van der Waals surface area (Å²) >= 11 is 0. The van der Waals surface area contributed by atoms with Gasteiger partial charge in [-0.05, 0) is 17.9 Å². The Morgan fingerprint density at radius 3 is 2.44 bits per heavy atom. The molecule has 0 bridgehead atoms. The van der Waals surface area contributed by atoms with Crippen LogP contribution >= 0.6 is 0 Å². The van der Waals surface area contributed by atoms with E-state index in [1.165, 1.54) is 18.6 Å². The molecule has 2 atom stereocenters. The van der Waals surface area contributed by atoms with Crippen LogP contribution in [-0.2, 0) is 16.0 Å². The lowest BCUT2D eigenvalue weighted by atomic mass is 10.0. The lowest BCUT2D eigenvalue weighted by Gasteiger charge is -2.23. The number of nitrogens with one attached hydrogen (secondary N) is 2. The molecule has 7 nitrogen and oxygen atoms in total. The lowest BCUT2D eigenvalue weighted by molar-refractivity contribution is -0.127. The lowest BCUT2D eigenvalue weighted by Crippen LogP contribution is -2.51. The molecule has 2 amide bonds. The molecule has 1 aromatic heterocycles. The zero-order valence-electron chi connectivity index (χ0n) is 15.9. The van der Waals surface area contributed by atoms with Crippen LogP contribution in [0.1, 0.15) is 36.3 Å².